The molecule has 0 spiro atoms. The molecule has 0 aliphatic carbocycles. The van der Waals surface area contributed by atoms with Crippen LogP contribution in [0, 0.1) is 6.92 Å². The van der Waals surface area contributed by atoms with Gasteiger partial charge < -0.3 is 16.2 Å². The molecule has 4 nitrogen and oxygen atoms in total. The molecule has 92 valence electrons. The lowest BCUT2D eigenvalue weighted by Gasteiger charge is -2.08. The van der Waals surface area contributed by atoms with Crippen LogP contribution >= 0.6 is 0 Å². The van der Waals surface area contributed by atoms with Gasteiger partial charge in [0.05, 0.1) is 5.56 Å². The summed E-state index contributed by atoms with van der Waals surface area (Å²) in [6.45, 7) is 1.94. The van der Waals surface area contributed by atoms with E-state index in [0.29, 0.717) is 11.4 Å². The number of anilines is 2. The van der Waals surface area contributed by atoms with Crippen molar-refractivity contribution in [3.05, 3.63) is 53.6 Å². The second-order valence-electron chi connectivity index (χ2n) is 4.10. The van der Waals surface area contributed by atoms with E-state index in [9.17, 15) is 9.90 Å². The van der Waals surface area contributed by atoms with Crippen LogP contribution in [0.5, 0.6) is 5.75 Å². The highest BCUT2D eigenvalue weighted by Gasteiger charge is 2.11. The lowest BCUT2D eigenvalue weighted by Crippen LogP contribution is -2.12. The van der Waals surface area contributed by atoms with Crippen molar-refractivity contribution in [3.8, 4) is 5.75 Å². The highest BCUT2D eigenvalue weighted by molar-refractivity contribution is 6.06. The molecule has 18 heavy (non-hydrogen) atoms. The minimum atomic E-state index is -0.384. The first-order chi connectivity index (χ1) is 8.56. The largest absolute Gasteiger partial charge is 0.507 e. The quantitative estimate of drug-likeness (QED) is 0.559. The standard InChI is InChI=1S/C14H14N2O2/c1-9-3-2-4-11(7-9)16-14(18)12-8-10(15)5-6-13(12)17/h2-8,17H,15H2,1H3,(H,16,18). The third-order valence-corrected chi connectivity index (χ3v) is 2.54. The van der Waals surface area contributed by atoms with Gasteiger partial charge in [0, 0.05) is 11.4 Å². The minimum Gasteiger partial charge on any atom is -0.507 e. The van der Waals surface area contributed by atoms with Crippen molar-refractivity contribution >= 4 is 17.3 Å². The number of nitrogen functional groups attached to an aromatic ring is 1. The topological polar surface area (TPSA) is 75.4 Å². The van der Waals surface area contributed by atoms with Crippen molar-refractivity contribution in [2.75, 3.05) is 11.1 Å². The van der Waals surface area contributed by atoms with Gasteiger partial charge in [-0.25, -0.2) is 0 Å². The number of amides is 1. The number of benzene rings is 2. The van der Waals surface area contributed by atoms with Gasteiger partial charge in [-0.15, -0.1) is 0 Å². The van der Waals surface area contributed by atoms with E-state index in [0.717, 1.165) is 5.56 Å². The van der Waals surface area contributed by atoms with E-state index >= 15 is 0 Å². The van der Waals surface area contributed by atoms with Crippen LogP contribution in [0.15, 0.2) is 42.5 Å². The van der Waals surface area contributed by atoms with Gasteiger partial charge in [-0.2, -0.15) is 0 Å². The molecule has 0 saturated carbocycles. The number of phenols is 1. The van der Waals surface area contributed by atoms with Gasteiger partial charge >= 0.3 is 0 Å². The molecule has 0 heterocycles. The van der Waals surface area contributed by atoms with Crippen LogP contribution in [-0.4, -0.2) is 11.0 Å². The molecule has 0 unspecified atom stereocenters. The van der Waals surface area contributed by atoms with Gasteiger partial charge in [0.1, 0.15) is 5.75 Å². The summed E-state index contributed by atoms with van der Waals surface area (Å²) >= 11 is 0. The molecule has 1 amide bonds. The molecule has 0 aliphatic rings. The fourth-order valence-electron chi connectivity index (χ4n) is 1.66. The van der Waals surface area contributed by atoms with E-state index in [4.69, 9.17) is 5.73 Å². The number of nitrogens with one attached hydrogen (secondary N) is 1. The molecule has 0 aromatic heterocycles. The second-order valence-corrected chi connectivity index (χ2v) is 4.10. The number of carbonyl (C=O) groups excluding carboxylic acids is 1. The van der Waals surface area contributed by atoms with E-state index in [1.165, 1.54) is 12.1 Å². The number of phenolic OH excluding ortho intramolecular Hbond substituents is 1. The van der Waals surface area contributed by atoms with Crippen molar-refractivity contribution in [2.24, 2.45) is 0 Å². The molecule has 4 heteroatoms. The molecular formula is C14H14N2O2. The normalized spacial score (nSPS) is 10.1. The first-order valence-corrected chi connectivity index (χ1v) is 5.53. The molecule has 2 aromatic rings. The van der Waals surface area contributed by atoms with Crippen LogP contribution in [0.4, 0.5) is 11.4 Å². The smallest absolute Gasteiger partial charge is 0.259 e. The van der Waals surface area contributed by atoms with E-state index in [-0.39, 0.29) is 17.2 Å². The van der Waals surface area contributed by atoms with Crippen LogP contribution in [0.2, 0.25) is 0 Å². The number of rotatable bonds is 2. The van der Waals surface area contributed by atoms with Crippen LogP contribution in [0.3, 0.4) is 0 Å². The summed E-state index contributed by atoms with van der Waals surface area (Å²) in [5, 5.41) is 12.3. The average Bonchev–Trinajstić information content (AvgIpc) is 2.32. The maximum atomic E-state index is 12.0. The maximum absolute atomic E-state index is 12.0. The van der Waals surface area contributed by atoms with Crippen LogP contribution in [-0.2, 0) is 0 Å². The van der Waals surface area contributed by atoms with E-state index < -0.39 is 0 Å². The van der Waals surface area contributed by atoms with Crippen molar-refractivity contribution in [2.45, 2.75) is 6.92 Å². The zero-order valence-corrected chi connectivity index (χ0v) is 9.97. The first-order valence-electron chi connectivity index (χ1n) is 5.53. The predicted molar refractivity (Wildman–Crippen MR) is 71.7 cm³/mol. The summed E-state index contributed by atoms with van der Waals surface area (Å²) in [5.41, 5.74) is 7.92. The Morgan fingerprint density at radius 3 is 2.72 bits per heavy atom. The summed E-state index contributed by atoms with van der Waals surface area (Å²) in [5.74, 6) is -0.472. The fraction of sp³-hybridized carbons (Fsp3) is 0.0714. The summed E-state index contributed by atoms with van der Waals surface area (Å²) in [7, 11) is 0. The fourth-order valence-corrected chi connectivity index (χ4v) is 1.66. The van der Waals surface area contributed by atoms with E-state index in [1.807, 2.05) is 25.1 Å². The highest BCUT2D eigenvalue weighted by Crippen LogP contribution is 2.21. The molecule has 0 saturated heterocycles. The molecule has 0 atom stereocenters. The Labute approximate surface area is 105 Å². The van der Waals surface area contributed by atoms with Crippen LogP contribution < -0.4 is 11.1 Å². The summed E-state index contributed by atoms with van der Waals surface area (Å²) in [6.07, 6.45) is 0. The van der Waals surface area contributed by atoms with E-state index in [2.05, 4.69) is 5.32 Å². The third-order valence-electron chi connectivity index (χ3n) is 2.54. The van der Waals surface area contributed by atoms with Gasteiger partial charge in [-0.05, 0) is 42.8 Å². The van der Waals surface area contributed by atoms with Gasteiger partial charge in [-0.1, -0.05) is 12.1 Å². The van der Waals surface area contributed by atoms with E-state index in [1.54, 1.807) is 12.1 Å². The molecule has 0 radical (unpaired) electrons. The lowest BCUT2D eigenvalue weighted by molar-refractivity contribution is 0.102. The number of nitrogens with two attached hydrogens (primary N) is 1. The first kappa shape index (κ1) is 12.0. The van der Waals surface area contributed by atoms with Gasteiger partial charge in [-0.3, -0.25) is 4.79 Å². The summed E-state index contributed by atoms with van der Waals surface area (Å²) in [4.78, 5) is 12.0. The van der Waals surface area contributed by atoms with Crippen molar-refractivity contribution in [1.29, 1.82) is 0 Å². The summed E-state index contributed by atoms with van der Waals surface area (Å²) in [6, 6.07) is 11.8. The minimum absolute atomic E-state index is 0.0886. The Morgan fingerprint density at radius 1 is 1.22 bits per heavy atom. The Kier molecular flexibility index (Phi) is 3.19. The molecular weight excluding hydrogens is 228 g/mol. The number of carbonyl (C=O) groups is 1. The predicted octanol–water partition coefficient (Wildman–Crippen LogP) is 2.54. The SMILES string of the molecule is Cc1cccc(NC(=O)c2cc(N)ccc2O)c1. The number of hydrogen-bond donors (Lipinski definition) is 3. The van der Waals surface area contributed by atoms with Crippen LogP contribution in [0.25, 0.3) is 0 Å². The van der Waals surface area contributed by atoms with Gasteiger partial charge in [0.15, 0.2) is 0 Å². The zero-order chi connectivity index (χ0) is 13.1. The molecule has 0 aliphatic heterocycles. The summed E-state index contributed by atoms with van der Waals surface area (Å²) < 4.78 is 0. The Bertz CT molecular complexity index is 594. The third kappa shape index (κ3) is 2.60. The average molecular weight is 242 g/mol. The van der Waals surface area contributed by atoms with Crippen LogP contribution in [0.1, 0.15) is 15.9 Å². The molecule has 0 bridgehead atoms. The molecule has 2 rings (SSSR count). The Hall–Kier alpha value is -2.49. The monoisotopic (exact) mass is 242 g/mol. The molecule has 2 aromatic carbocycles. The molecule has 4 N–H and O–H groups in total. The maximum Gasteiger partial charge on any atom is 0.259 e. The van der Waals surface area contributed by atoms with Crippen molar-refractivity contribution in [1.82, 2.24) is 0 Å². The Balaban J connectivity index is 2.24. The molecule has 0 fully saturated rings. The lowest BCUT2D eigenvalue weighted by atomic mass is 10.1. The van der Waals surface area contributed by atoms with Crippen molar-refractivity contribution < 1.29 is 9.90 Å². The van der Waals surface area contributed by atoms with Crippen molar-refractivity contribution in [3.63, 3.8) is 0 Å². The number of aryl methyl sites for hydroxylation is 1. The number of aromatic hydroxyl groups is 1. The Morgan fingerprint density at radius 2 is 2.00 bits per heavy atom. The highest BCUT2D eigenvalue weighted by atomic mass is 16.3. The second kappa shape index (κ2) is 4.79. The van der Waals surface area contributed by atoms with Gasteiger partial charge in [0.25, 0.3) is 5.91 Å². The number of hydrogen-bond acceptors (Lipinski definition) is 3. The van der Waals surface area contributed by atoms with Gasteiger partial charge in [0.2, 0.25) is 0 Å². The zero-order valence-electron chi connectivity index (χ0n) is 9.97.